The largest absolute Gasteiger partial charge is 0.472 e. The van der Waals surface area contributed by atoms with Crippen LogP contribution < -0.4 is 5.32 Å². The first-order valence-electron chi connectivity index (χ1n) is 5.53. The molecule has 1 N–H and O–H groups in total. The fourth-order valence-electron chi connectivity index (χ4n) is 1.81. The number of halogens is 3. The Hall–Kier alpha value is -1.75. The third kappa shape index (κ3) is 2.41. The molecule has 0 spiro atoms. The van der Waals surface area contributed by atoms with Crippen molar-refractivity contribution in [2.24, 2.45) is 0 Å². The van der Waals surface area contributed by atoms with E-state index in [-0.39, 0.29) is 5.56 Å². The molecule has 1 unspecified atom stereocenters. The highest BCUT2D eigenvalue weighted by molar-refractivity contribution is 5.31. The molecule has 0 fully saturated rings. The molecule has 0 aliphatic carbocycles. The van der Waals surface area contributed by atoms with Crippen LogP contribution in [-0.2, 0) is 0 Å². The Morgan fingerprint density at radius 3 is 2.50 bits per heavy atom. The number of furan rings is 1. The summed E-state index contributed by atoms with van der Waals surface area (Å²) in [6, 6.07) is 2.50. The maximum atomic E-state index is 13.7. The molecule has 5 heteroatoms. The van der Waals surface area contributed by atoms with Crippen LogP contribution >= 0.6 is 0 Å². The average molecular weight is 255 g/mol. The van der Waals surface area contributed by atoms with Gasteiger partial charge in [0, 0.05) is 17.2 Å². The van der Waals surface area contributed by atoms with Crippen molar-refractivity contribution in [3.8, 4) is 0 Å². The molecule has 0 saturated heterocycles. The van der Waals surface area contributed by atoms with Crippen molar-refractivity contribution in [2.45, 2.75) is 13.0 Å². The van der Waals surface area contributed by atoms with Crippen molar-refractivity contribution in [3.63, 3.8) is 0 Å². The van der Waals surface area contributed by atoms with Gasteiger partial charge in [0.2, 0.25) is 0 Å². The highest BCUT2D eigenvalue weighted by Crippen LogP contribution is 2.26. The Bertz CT molecular complexity index is 525. The molecule has 1 aromatic carbocycles. The smallest absolute Gasteiger partial charge is 0.161 e. The van der Waals surface area contributed by atoms with Gasteiger partial charge in [-0.25, -0.2) is 13.2 Å². The van der Waals surface area contributed by atoms with Crippen molar-refractivity contribution in [1.29, 1.82) is 0 Å². The van der Waals surface area contributed by atoms with Crippen LogP contribution in [0.25, 0.3) is 0 Å². The summed E-state index contributed by atoms with van der Waals surface area (Å²) in [5, 5.41) is 3.00. The Labute approximate surface area is 102 Å². The summed E-state index contributed by atoms with van der Waals surface area (Å²) in [6.45, 7) is 2.39. The van der Waals surface area contributed by atoms with Crippen LogP contribution in [0.1, 0.15) is 24.1 Å². The molecule has 0 bridgehead atoms. The minimum Gasteiger partial charge on any atom is -0.472 e. The molecule has 0 amide bonds. The van der Waals surface area contributed by atoms with Gasteiger partial charge in [-0.05, 0) is 18.7 Å². The van der Waals surface area contributed by atoms with Gasteiger partial charge in [0.05, 0.1) is 18.6 Å². The summed E-state index contributed by atoms with van der Waals surface area (Å²) in [5.74, 6) is -3.06. The lowest BCUT2D eigenvalue weighted by Crippen LogP contribution is -2.23. The number of nitrogens with one attached hydrogen (secondary N) is 1. The first kappa shape index (κ1) is 12.7. The molecular formula is C13H12F3NO. The first-order valence-corrected chi connectivity index (χ1v) is 5.53. The second-order valence-corrected chi connectivity index (χ2v) is 3.84. The standard InChI is InChI=1S/C13H12F3NO/c1-2-17-13(8-3-4-18-7-8)9-5-11(15)12(16)6-10(9)14/h3-7,13,17H,2H2,1H3. The van der Waals surface area contributed by atoms with Crippen molar-refractivity contribution < 1.29 is 17.6 Å². The summed E-state index contributed by atoms with van der Waals surface area (Å²) in [6.07, 6.45) is 2.88. The molecule has 1 heterocycles. The zero-order valence-corrected chi connectivity index (χ0v) is 9.71. The predicted octanol–water partition coefficient (Wildman–Crippen LogP) is 3.40. The van der Waals surface area contributed by atoms with Crippen molar-refractivity contribution in [2.75, 3.05) is 6.54 Å². The van der Waals surface area contributed by atoms with Gasteiger partial charge < -0.3 is 9.73 Å². The van der Waals surface area contributed by atoms with E-state index in [1.54, 1.807) is 6.07 Å². The van der Waals surface area contributed by atoms with Crippen LogP contribution in [0.5, 0.6) is 0 Å². The normalized spacial score (nSPS) is 12.7. The van der Waals surface area contributed by atoms with E-state index in [0.717, 1.165) is 6.07 Å². The molecule has 96 valence electrons. The average Bonchev–Trinajstić information content (AvgIpc) is 2.85. The minimum absolute atomic E-state index is 0.0529. The second kappa shape index (κ2) is 5.27. The molecule has 1 atom stereocenters. The van der Waals surface area contributed by atoms with Crippen LogP contribution in [0.2, 0.25) is 0 Å². The monoisotopic (exact) mass is 255 g/mol. The summed E-state index contributed by atoms with van der Waals surface area (Å²) >= 11 is 0. The summed E-state index contributed by atoms with van der Waals surface area (Å²) in [4.78, 5) is 0. The molecule has 0 aliphatic heterocycles. The molecule has 2 rings (SSSR count). The lowest BCUT2D eigenvalue weighted by Gasteiger charge is -2.17. The third-order valence-electron chi connectivity index (χ3n) is 2.64. The topological polar surface area (TPSA) is 25.2 Å². The van der Waals surface area contributed by atoms with E-state index in [9.17, 15) is 13.2 Å². The van der Waals surface area contributed by atoms with Gasteiger partial charge in [-0.1, -0.05) is 6.92 Å². The van der Waals surface area contributed by atoms with Crippen LogP contribution in [0.4, 0.5) is 13.2 Å². The fraction of sp³-hybridized carbons (Fsp3) is 0.231. The summed E-state index contributed by atoms with van der Waals surface area (Å²) in [5.41, 5.74) is 0.707. The molecule has 1 aromatic heterocycles. The van der Waals surface area contributed by atoms with Crippen molar-refractivity contribution >= 4 is 0 Å². The molecule has 2 aromatic rings. The highest BCUT2D eigenvalue weighted by Gasteiger charge is 2.20. The summed E-state index contributed by atoms with van der Waals surface area (Å²) < 4.78 is 44.8. The van der Waals surface area contributed by atoms with Crippen LogP contribution in [0.15, 0.2) is 35.1 Å². The molecule has 2 nitrogen and oxygen atoms in total. The Kier molecular flexibility index (Phi) is 3.72. The highest BCUT2D eigenvalue weighted by atomic mass is 19.2. The van der Waals surface area contributed by atoms with Gasteiger partial charge in [0.25, 0.3) is 0 Å². The molecule has 0 aliphatic rings. The van der Waals surface area contributed by atoms with Gasteiger partial charge in [-0.2, -0.15) is 0 Å². The van der Waals surface area contributed by atoms with Gasteiger partial charge in [-0.15, -0.1) is 0 Å². The molecule has 0 radical (unpaired) electrons. The SMILES string of the molecule is CCNC(c1ccoc1)c1cc(F)c(F)cc1F. The summed E-state index contributed by atoms with van der Waals surface area (Å²) in [7, 11) is 0. The lowest BCUT2D eigenvalue weighted by molar-refractivity contribution is 0.480. The first-order chi connectivity index (χ1) is 8.63. The van der Waals surface area contributed by atoms with E-state index < -0.39 is 23.5 Å². The number of hydrogen-bond acceptors (Lipinski definition) is 2. The van der Waals surface area contributed by atoms with E-state index in [1.165, 1.54) is 12.5 Å². The van der Waals surface area contributed by atoms with E-state index in [4.69, 9.17) is 4.42 Å². The zero-order valence-electron chi connectivity index (χ0n) is 9.71. The van der Waals surface area contributed by atoms with E-state index in [1.807, 2.05) is 6.92 Å². The maximum absolute atomic E-state index is 13.7. The van der Waals surface area contributed by atoms with Gasteiger partial charge in [0.15, 0.2) is 11.6 Å². The molecule has 0 saturated carbocycles. The van der Waals surface area contributed by atoms with Gasteiger partial charge in [-0.3, -0.25) is 0 Å². The van der Waals surface area contributed by atoms with E-state index in [0.29, 0.717) is 18.2 Å². The maximum Gasteiger partial charge on any atom is 0.161 e. The fourth-order valence-corrected chi connectivity index (χ4v) is 1.81. The quantitative estimate of drug-likeness (QED) is 0.847. The predicted molar refractivity (Wildman–Crippen MR) is 60.5 cm³/mol. The Morgan fingerprint density at radius 1 is 1.17 bits per heavy atom. The number of benzene rings is 1. The molecule has 18 heavy (non-hydrogen) atoms. The lowest BCUT2D eigenvalue weighted by atomic mass is 10.0. The van der Waals surface area contributed by atoms with Gasteiger partial charge in [0.1, 0.15) is 5.82 Å². The van der Waals surface area contributed by atoms with Crippen molar-refractivity contribution in [1.82, 2.24) is 5.32 Å². The Morgan fingerprint density at radius 2 is 1.89 bits per heavy atom. The number of hydrogen-bond donors (Lipinski definition) is 1. The van der Waals surface area contributed by atoms with Crippen LogP contribution in [-0.4, -0.2) is 6.54 Å². The minimum atomic E-state index is -1.20. The third-order valence-corrected chi connectivity index (χ3v) is 2.64. The second-order valence-electron chi connectivity index (χ2n) is 3.84. The molecular weight excluding hydrogens is 243 g/mol. The van der Waals surface area contributed by atoms with Crippen LogP contribution in [0, 0.1) is 17.5 Å². The Balaban J connectivity index is 2.46. The number of rotatable bonds is 4. The van der Waals surface area contributed by atoms with Crippen LogP contribution in [0.3, 0.4) is 0 Å². The van der Waals surface area contributed by atoms with Gasteiger partial charge >= 0.3 is 0 Å². The van der Waals surface area contributed by atoms with E-state index in [2.05, 4.69) is 5.32 Å². The van der Waals surface area contributed by atoms with E-state index >= 15 is 0 Å². The zero-order chi connectivity index (χ0) is 13.1. The van der Waals surface area contributed by atoms with Crippen molar-refractivity contribution in [3.05, 3.63) is 59.3 Å².